The van der Waals surface area contributed by atoms with Crippen molar-refractivity contribution in [2.45, 2.75) is 25.5 Å². The van der Waals surface area contributed by atoms with Crippen LogP contribution < -0.4 is 9.47 Å². The van der Waals surface area contributed by atoms with Gasteiger partial charge in [-0.3, -0.25) is 9.36 Å². The molecule has 1 aliphatic heterocycles. The summed E-state index contributed by atoms with van der Waals surface area (Å²) in [5.74, 6) is 2.81. The van der Waals surface area contributed by atoms with E-state index >= 15 is 0 Å². The van der Waals surface area contributed by atoms with Crippen LogP contribution in [0.25, 0.3) is 16.7 Å². The van der Waals surface area contributed by atoms with Gasteiger partial charge in [-0.15, -0.1) is 10.2 Å². The first-order valence-electron chi connectivity index (χ1n) is 12.2. The Morgan fingerprint density at radius 1 is 0.973 bits per heavy atom. The number of imidazole rings is 1. The number of nitrogens with one attached hydrogen (secondary N) is 1. The largest absolute Gasteiger partial charge is 0.497 e. The molecule has 2 aromatic heterocycles. The van der Waals surface area contributed by atoms with E-state index < -0.39 is 0 Å². The summed E-state index contributed by atoms with van der Waals surface area (Å²) < 4.78 is 13.0. The van der Waals surface area contributed by atoms with Crippen LogP contribution in [0.2, 0.25) is 0 Å². The zero-order valence-corrected chi connectivity index (χ0v) is 20.4. The number of hydrogen-bond acceptors (Lipinski definition) is 6. The highest BCUT2D eigenvalue weighted by Crippen LogP contribution is 2.33. The molecule has 3 aromatic carbocycles. The maximum absolute atomic E-state index is 13.9. The van der Waals surface area contributed by atoms with E-state index in [9.17, 15) is 4.79 Å². The van der Waals surface area contributed by atoms with Gasteiger partial charge in [-0.2, -0.15) is 0 Å². The highest BCUT2D eigenvalue weighted by Gasteiger charge is 2.35. The van der Waals surface area contributed by atoms with E-state index in [0.717, 1.165) is 41.1 Å². The van der Waals surface area contributed by atoms with Crippen LogP contribution in [-0.2, 0) is 6.61 Å². The van der Waals surface area contributed by atoms with Crippen LogP contribution in [0.3, 0.4) is 0 Å². The molecule has 0 bridgehead atoms. The van der Waals surface area contributed by atoms with Crippen LogP contribution in [0.5, 0.6) is 11.5 Å². The van der Waals surface area contributed by atoms with Gasteiger partial charge in [-0.05, 0) is 61.4 Å². The van der Waals surface area contributed by atoms with Gasteiger partial charge in [0.25, 0.3) is 5.91 Å². The van der Waals surface area contributed by atoms with Crippen molar-refractivity contribution >= 4 is 16.9 Å². The molecule has 0 saturated carbocycles. The molecular weight excluding hydrogens is 468 g/mol. The summed E-state index contributed by atoms with van der Waals surface area (Å²) in [5, 5.41) is 8.70. The van der Waals surface area contributed by atoms with Crippen molar-refractivity contribution in [2.75, 3.05) is 13.7 Å². The lowest BCUT2D eigenvalue weighted by atomic mass is 10.2. The molecular formula is C28H26N6O3. The van der Waals surface area contributed by atoms with Gasteiger partial charge in [0.2, 0.25) is 5.82 Å². The summed E-state index contributed by atoms with van der Waals surface area (Å²) in [6.45, 7) is 0.772. The summed E-state index contributed by atoms with van der Waals surface area (Å²) in [7, 11) is 1.62. The third-order valence-electron chi connectivity index (χ3n) is 6.60. The van der Waals surface area contributed by atoms with E-state index in [1.54, 1.807) is 11.7 Å². The molecule has 186 valence electrons. The van der Waals surface area contributed by atoms with Crippen molar-refractivity contribution in [3.05, 3.63) is 96.3 Å². The topological polar surface area (TPSA) is 98.2 Å². The lowest BCUT2D eigenvalue weighted by Crippen LogP contribution is -2.33. The Bertz CT molecular complexity index is 1490. The molecule has 1 N–H and O–H groups in total. The first-order chi connectivity index (χ1) is 18.2. The van der Waals surface area contributed by atoms with Gasteiger partial charge in [0, 0.05) is 12.2 Å². The fourth-order valence-electron chi connectivity index (χ4n) is 4.77. The van der Waals surface area contributed by atoms with Crippen molar-refractivity contribution in [1.82, 2.24) is 29.6 Å². The second-order valence-electron chi connectivity index (χ2n) is 8.87. The number of aromatic nitrogens is 5. The number of benzene rings is 3. The van der Waals surface area contributed by atoms with Crippen molar-refractivity contribution in [2.24, 2.45) is 0 Å². The molecule has 9 nitrogen and oxygen atoms in total. The normalized spacial score (nSPS) is 15.3. The minimum Gasteiger partial charge on any atom is -0.497 e. The van der Waals surface area contributed by atoms with Gasteiger partial charge < -0.3 is 19.4 Å². The number of carbonyl (C=O) groups is 1. The van der Waals surface area contributed by atoms with E-state index in [0.29, 0.717) is 18.1 Å². The molecule has 1 atom stereocenters. The number of hydrogen-bond donors (Lipinski definition) is 1. The van der Waals surface area contributed by atoms with Crippen LogP contribution >= 0.6 is 0 Å². The summed E-state index contributed by atoms with van der Waals surface area (Å²) in [6, 6.07) is 24.7. The number of ether oxygens (including phenoxy) is 2. The number of methoxy groups -OCH3 is 1. The first-order valence-corrected chi connectivity index (χ1v) is 12.2. The number of likely N-dealkylation sites (tertiary alicyclic amines) is 1. The molecule has 1 amide bonds. The third kappa shape index (κ3) is 4.40. The van der Waals surface area contributed by atoms with Crippen molar-refractivity contribution < 1.29 is 14.3 Å². The Kier molecular flexibility index (Phi) is 6.02. The predicted molar refractivity (Wildman–Crippen MR) is 138 cm³/mol. The van der Waals surface area contributed by atoms with Crippen LogP contribution in [0.4, 0.5) is 0 Å². The number of para-hydroxylation sites is 3. The van der Waals surface area contributed by atoms with Crippen molar-refractivity contribution in [1.29, 1.82) is 0 Å². The quantitative estimate of drug-likeness (QED) is 0.352. The Labute approximate surface area is 213 Å². The Balaban J connectivity index is 1.31. The van der Waals surface area contributed by atoms with Gasteiger partial charge in [-0.25, -0.2) is 4.98 Å². The fraction of sp³-hybridized carbons (Fsp3) is 0.214. The minimum absolute atomic E-state index is 0.147. The van der Waals surface area contributed by atoms with Crippen molar-refractivity contribution in [3.63, 3.8) is 0 Å². The fourth-order valence-corrected chi connectivity index (χ4v) is 4.77. The second kappa shape index (κ2) is 9.77. The van der Waals surface area contributed by atoms with Gasteiger partial charge in [-0.1, -0.05) is 30.3 Å². The number of H-pyrrole nitrogens is 1. The third-order valence-corrected chi connectivity index (χ3v) is 6.60. The zero-order chi connectivity index (χ0) is 25.2. The number of nitrogens with zero attached hydrogens (tertiary/aromatic N) is 5. The van der Waals surface area contributed by atoms with Crippen LogP contribution in [0, 0.1) is 0 Å². The lowest BCUT2D eigenvalue weighted by Gasteiger charge is -2.23. The number of rotatable bonds is 7. The minimum atomic E-state index is -0.185. The molecule has 37 heavy (non-hydrogen) atoms. The van der Waals surface area contributed by atoms with Crippen LogP contribution in [0.1, 0.15) is 41.2 Å². The van der Waals surface area contributed by atoms with Crippen LogP contribution in [0.15, 0.2) is 78.9 Å². The molecule has 5 aromatic rings. The maximum atomic E-state index is 13.9. The van der Waals surface area contributed by atoms with Gasteiger partial charge >= 0.3 is 0 Å². The monoisotopic (exact) mass is 494 g/mol. The summed E-state index contributed by atoms with van der Waals surface area (Å²) in [5.41, 5.74) is 2.65. The molecule has 0 radical (unpaired) electrons. The predicted octanol–water partition coefficient (Wildman–Crippen LogP) is 4.71. The molecule has 6 rings (SSSR count). The number of fused-ring (bicyclic) bond motifs is 1. The summed E-state index contributed by atoms with van der Waals surface area (Å²) >= 11 is 0. The molecule has 0 unspecified atom stereocenters. The Morgan fingerprint density at radius 2 is 1.73 bits per heavy atom. The maximum Gasteiger partial charge on any atom is 0.292 e. The smallest absolute Gasteiger partial charge is 0.292 e. The van der Waals surface area contributed by atoms with E-state index in [1.165, 1.54) is 0 Å². The van der Waals surface area contributed by atoms with Gasteiger partial charge in [0.1, 0.15) is 23.9 Å². The van der Waals surface area contributed by atoms with E-state index in [4.69, 9.17) is 14.5 Å². The SMILES string of the molecule is COc1ccc(OCc2nnc(C(=O)N3CCC[C@@H]3c3nc4ccccc4[nH]3)n2-c2ccccc2)cc1. The Morgan fingerprint density at radius 3 is 2.51 bits per heavy atom. The number of carbonyl (C=O) groups excluding carboxylic acids is 1. The number of amides is 1. The Hall–Kier alpha value is -4.66. The van der Waals surface area contributed by atoms with Crippen LogP contribution in [-0.4, -0.2) is 49.2 Å². The van der Waals surface area contributed by atoms with E-state index in [-0.39, 0.29) is 24.4 Å². The highest BCUT2D eigenvalue weighted by atomic mass is 16.5. The van der Waals surface area contributed by atoms with Gasteiger partial charge in [0.05, 0.1) is 24.2 Å². The molecule has 0 spiro atoms. The average molecular weight is 495 g/mol. The van der Waals surface area contributed by atoms with E-state index in [2.05, 4.69) is 15.2 Å². The molecule has 1 saturated heterocycles. The standard InChI is InChI=1S/C28H26N6O3/c1-36-20-13-15-21(16-14-20)37-18-25-31-32-27(34(25)19-8-3-2-4-9-19)28(35)33-17-7-12-24(33)26-29-22-10-5-6-11-23(22)30-26/h2-6,8-11,13-16,24H,7,12,17-18H2,1H3,(H,29,30)/t24-/m1/s1. The first kappa shape index (κ1) is 22.8. The second-order valence-corrected chi connectivity index (χ2v) is 8.87. The van der Waals surface area contributed by atoms with E-state index in [1.807, 2.05) is 83.8 Å². The molecule has 1 fully saturated rings. The van der Waals surface area contributed by atoms with Crippen molar-refractivity contribution in [3.8, 4) is 17.2 Å². The highest BCUT2D eigenvalue weighted by molar-refractivity contribution is 5.92. The zero-order valence-electron chi connectivity index (χ0n) is 20.4. The summed E-state index contributed by atoms with van der Waals surface area (Å²) in [6.07, 6.45) is 1.72. The van der Waals surface area contributed by atoms with Gasteiger partial charge in [0.15, 0.2) is 5.82 Å². The lowest BCUT2D eigenvalue weighted by molar-refractivity contribution is 0.0715. The molecule has 9 heteroatoms. The molecule has 3 heterocycles. The average Bonchev–Trinajstić information content (AvgIpc) is 3.70. The number of aromatic amines is 1. The molecule has 0 aliphatic carbocycles. The summed E-state index contributed by atoms with van der Waals surface area (Å²) in [4.78, 5) is 23.9. The molecule has 1 aliphatic rings.